The van der Waals surface area contributed by atoms with Gasteiger partial charge in [0.1, 0.15) is 6.61 Å². The average Bonchev–Trinajstić information content (AvgIpc) is 2.50. The van der Waals surface area contributed by atoms with Gasteiger partial charge in [-0.25, -0.2) is 0 Å². The molecule has 0 amide bonds. The molecule has 0 saturated carbocycles. The van der Waals surface area contributed by atoms with Gasteiger partial charge in [-0.15, -0.1) is 11.6 Å². The molecule has 1 aliphatic rings. The van der Waals surface area contributed by atoms with Crippen LogP contribution in [0.5, 0.6) is 0 Å². The van der Waals surface area contributed by atoms with E-state index in [1.165, 1.54) is 24.8 Å². The molecular formula is C9H13ClO. The Morgan fingerprint density at radius 2 is 2.55 bits per heavy atom. The Balaban J connectivity index is 2.13. The van der Waals surface area contributed by atoms with Crippen LogP contribution >= 0.6 is 11.6 Å². The third kappa shape index (κ3) is 3.47. The van der Waals surface area contributed by atoms with Gasteiger partial charge < -0.3 is 4.74 Å². The van der Waals surface area contributed by atoms with Gasteiger partial charge in [0.05, 0.1) is 12.1 Å². The van der Waals surface area contributed by atoms with Crippen molar-refractivity contribution in [2.45, 2.75) is 19.3 Å². The van der Waals surface area contributed by atoms with Gasteiger partial charge in [-0.3, -0.25) is 0 Å². The van der Waals surface area contributed by atoms with Gasteiger partial charge in [0.15, 0.2) is 0 Å². The lowest BCUT2D eigenvalue weighted by Crippen LogP contribution is -1.86. The summed E-state index contributed by atoms with van der Waals surface area (Å²) in [5.41, 5.74) is 1.39. The standard InChI is InChI=1S/C9H13ClO/c10-6-8-11-7-5-9-3-1-2-4-9/h3,5,7H,1-2,4,6,8H2/b7-5+. The summed E-state index contributed by atoms with van der Waals surface area (Å²) < 4.78 is 5.09. The van der Waals surface area contributed by atoms with Crippen molar-refractivity contribution < 1.29 is 4.74 Å². The molecular weight excluding hydrogens is 160 g/mol. The van der Waals surface area contributed by atoms with Crippen LogP contribution in [0, 0.1) is 0 Å². The largest absolute Gasteiger partial charge is 0.500 e. The predicted octanol–water partition coefficient (Wildman–Crippen LogP) is 2.87. The Morgan fingerprint density at radius 3 is 3.18 bits per heavy atom. The first-order valence-electron chi connectivity index (χ1n) is 3.96. The molecule has 0 aromatic carbocycles. The Morgan fingerprint density at radius 1 is 1.64 bits per heavy atom. The minimum atomic E-state index is 0.559. The highest BCUT2D eigenvalue weighted by atomic mass is 35.5. The molecule has 0 atom stereocenters. The molecule has 1 rings (SSSR count). The van der Waals surface area contributed by atoms with Gasteiger partial charge in [-0.05, 0) is 30.9 Å². The van der Waals surface area contributed by atoms with Crippen LogP contribution in [0.1, 0.15) is 19.3 Å². The summed E-state index contributed by atoms with van der Waals surface area (Å²) in [5.74, 6) is 0.559. The van der Waals surface area contributed by atoms with Crippen molar-refractivity contribution in [2.24, 2.45) is 0 Å². The zero-order valence-corrected chi connectivity index (χ0v) is 7.31. The first-order valence-corrected chi connectivity index (χ1v) is 4.50. The lowest BCUT2D eigenvalue weighted by Gasteiger charge is -1.94. The van der Waals surface area contributed by atoms with Crippen molar-refractivity contribution in [1.82, 2.24) is 0 Å². The van der Waals surface area contributed by atoms with Crippen LogP contribution in [0.15, 0.2) is 24.0 Å². The van der Waals surface area contributed by atoms with Crippen molar-refractivity contribution in [1.29, 1.82) is 0 Å². The Labute approximate surface area is 72.7 Å². The molecule has 62 valence electrons. The van der Waals surface area contributed by atoms with E-state index >= 15 is 0 Å². The fraction of sp³-hybridized carbons (Fsp3) is 0.556. The average molecular weight is 173 g/mol. The third-order valence-electron chi connectivity index (χ3n) is 1.65. The minimum Gasteiger partial charge on any atom is -0.500 e. The second kappa shape index (κ2) is 5.25. The maximum atomic E-state index is 5.42. The molecule has 0 radical (unpaired) electrons. The number of rotatable bonds is 4. The number of hydrogen-bond acceptors (Lipinski definition) is 1. The molecule has 1 aliphatic carbocycles. The van der Waals surface area contributed by atoms with Gasteiger partial charge in [0, 0.05) is 0 Å². The molecule has 2 heteroatoms. The summed E-state index contributed by atoms with van der Waals surface area (Å²) in [6.07, 6.45) is 9.71. The smallest absolute Gasteiger partial charge is 0.101 e. The highest BCUT2D eigenvalue weighted by molar-refractivity contribution is 6.17. The summed E-state index contributed by atoms with van der Waals surface area (Å²) in [6, 6.07) is 0. The summed E-state index contributed by atoms with van der Waals surface area (Å²) in [5, 5.41) is 0. The topological polar surface area (TPSA) is 9.23 Å². The fourth-order valence-electron chi connectivity index (χ4n) is 1.10. The lowest BCUT2D eigenvalue weighted by atomic mass is 10.2. The second-order valence-corrected chi connectivity index (χ2v) is 2.91. The highest BCUT2D eigenvalue weighted by Crippen LogP contribution is 2.18. The van der Waals surface area contributed by atoms with E-state index in [4.69, 9.17) is 16.3 Å². The number of hydrogen-bond donors (Lipinski definition) is 0. The van der Waals surface area contributed by atoms with Gasteiger partial charge in [-0.2, -0.15) is 0 Å². The number of alkyl halides is 1. The van der Waals surface area contributed by atoms with Crippen molar-refractivity contribution in [2.75, 3.05) is 12.5 Å². The molecule has 0 saturated heterocycles. The summed E-state index contributed by atoms with van der Waals surface area (Å²) in [4.78, 5) is 0. The Kier molecular flexibility index (Phi) is 4.14. The maximum absolute atomic E-state index is 5.42. The van der Waals surface area contributed by atoms with Crippen molar-refractivity contribution in [3.63, 3.8) is 0 Å². The molecule has 0 aromatic rings. The molecule has 0 bridgehead atoms. The molecule has 11 heavy (non-hydrogen) atoms. The van der Waals surface area contributed by atoms with Crippen LogP contribution in [0.2, 0.25) is 0 Å². The Bertz CT molecular complexity index is 161. The first kappa shape index (κ1) is 8.66. The maximum Gasteiger partial charge on any atom is 0.101 e. The van der Waals surface area contributed by atoms with Crippen LogP contribution in [-0.4, -0.2) is 12.5 Å². The van der Waals surface area contributed by atoms with Crippen LogP contribution in [0.4, 0.5) is 0 Å². The monoisotopic (exact) mass is 172 g/mol. The molecule has 0 spiro atoms. The second-order valence-electron chi connectivity index (χ2n) is 2.53. The lowest BCUT2D eigenvalue weighted by molar-refractivity contribution is 0.271. The fourth-order valence-corrected chi connectivity index (χ4v) is 1.18. The van der Waals surface area contributed by atoms with Crippen molar-refractivity contribution >= 4 is 11.6 Å². The Hall–Kier alpha value is -0.430. The summed E-state index contributed by atoms with van der Waals surface area (Å²) >= 11 is 5.42. The summed E-state index contributed by atoms with van der Waals surface area (Å²) in [7, 11) is 0. The zero-order valence-electron chi connectivity index (χ0n) is 6.55. The van der Waals surface area contributed by atoms with Crippen molar-refractivity contribution in [3.8, 4) is 0 Å². The van der Waals surface area contributed by atoms with Crippen LogP contribution < -0.4 is 0 Å². The van der Waals surface area contributed by atoms with E-state index in [1.54, 1.807) is 6.26 Å². The molecule has 0 aromatic heterocycles. The highest BCUT2D eigenvalue weighted by Gasteiger charge is 1.99. The van der Waals surface area contributed by atoms with E-state index in [-0.39, 0.29) is 0 Å². The quantitative estimate of drug-likeness (QED) is 0.360. The predicted molar refractivity (Wildman–Crippen MR) is 47.7 cm³/mol. The number of ether oxygens (including phenoxy) is 1. The van der Waals surface area contributed by atoms with Crippen LogP contribution in [0.3, 0.4) is 0 Å². The number of allylic oxidation sites excluding steroid dienone is 3. The summed E-state index contributed by atoms with van der Waals surface area (Å²) in [6.45, 7) is 0.603. The SMILES string of the molecule is ClCCO/C=C/C1=CCCC1. The number of halogens is 1. The van der Waals surface area contributed by atoms with Crippen LogP contribution in [-0.2, 0) is 4.74 Å². The molecule has 0 heterocycles. The first-order chi connectivity index (χ1) is 5.43. The van der Waals surface area contributed by atoms with E-state index in [0.717, 1.165) is 0 Å². The molecule has 0 N–H and O–H groups in total. The molecule has 0 fully saturated rings. The van der Waals surface area contributed by atoms with E-state index in [1.807, 2.05) is 6.08 Å². The normalized spacial score (nSPS) is 17.4. The van der Waals surface area contributed by atoms with Gasteiger partial charge >= 0.3 is 0 Å². The molecule has 0 aliphatic heterocycles. The molecule has 0 unspecified atom stereocenters. The zero-order chi connectivity index (χ0) is 7.94. The van der Waals surface area contributed by atoms with E-state index in [2.05, 4.69) is 6.08 Å². The molecule has 1 nitrogen and oxygen atoms in total. The third-order valence-corrected chi connectivity index (χ3v) is 1.80. The van der Waals surface area contributed by atoms with Gasteiger partial charge in [-0.1, -0.05) is 6.08 Å². The van der Waals surface area contributed by atoms with E-state index in [0.29, 0.717) is 12.5 Å². The van der Waals surface area contributed by atoms with Gasteiger partial charge in [0.25, 0.3) is 0 Å². The van der Waals surface area contributed by atoms with Crippen molar-refractivity contribution in [3.05, 3.63) is 24.0 Å². The van der Waals surface area contributed by atoms with Gasteiger partial charge in [0.2, 0.25) is 0 Å². The van der Waals surface area contributed by atoms with E-state index < -0.39 is 0 Å². The van der Waals surface area contributed by atoms with Crippen LogP contribution in [0.25, 0.3) is 0 Å². The van der Waals surface area contributed by atoms with E-state index in [9.17, 15) is 0 Å². The minimum absolute atomic E-state index is 0.559.